The lowest BCUT2D eigenvalue weighted by Gasteiger charge is -2.58. The van der Waals surface area contributed by atoms with E-state index in [9.17, 15) is 0 Å². The van der Waals surface area contributed by atoms with Gasteiger partial charge in [0.25, 0.3) is 0 Å². The summed E-state index contributed by atoms with van der Waals surface area (Å²) in [5.74, 6) is 0. The molecule has 4 saturated heterocycles. The minimum absolute atomic E-state index is 0.378. The van der Waals surface area contributed by atoms with Crippen LogP contribution in [0.15, 0.2) is 0 Å². The smallest absolute Gasteiger partial charge is 0.0921 e. The summed E-state index contributed by atoms with van der Waals surface area (Å²) in [6.07, 6.45) is 1.25. The molecular weight excluding hydrogens is 252 g/mol. The van der Waals surface area contributed by atoms with Crippen LogP contribution in [0.1, 0.15) is 6.92 Å². The number of hydrogen-bond donors (Lipinski definition) is 2. The molecule has 4 rings (SSSR count). The van der Waals surface area contributed by atoms with Crippen molar-refractivity contribution in [3.05, 3.63) is 0 Å². The van der Waals surface area contributed by atoms with Crippen molar-refractivity contribution < 1.29 is 0 Å². The number of nitrogens with zero attached hydrogens (tertiary/aromatic N) is 4. The monoisotopic (exact) mass is 282 g/mol. The summed E-state index contributed by atoms with van der Waals surface area (Å²) in [5, 5.41) is 7.01. The molecule has 0 amide bonds. The molecule has 0 aliphatic carbocycles. The van der Waals surface area contributed by atoms with E-state index in [4.69, 9.17) is 0 Å². The van der Waals surface area contributed by atoms with E-state index >= 15 is 0 Å². The molecule has 0 aromatic heterocycles. The Morgan fingerprint density at radius 1 is 0.650 bits per heavy atom. The predicted octanol–water partition coefficient (Wildman–Crippen LogP) is -1.33. The molecule has 7 atom stereocenters. The molecule has 4 aliphatic heterocycles. The zero-order chi connectivity index (χ0) is 14.8. The third-order valence-electron chi connectivity index (χ3n) is 6.16. The SMILES string of the molecule is CNC1C2N(C)C(C)C(C3C(C(NC)N3C)N2C)N1C. The van der Waals surface area contributed by atoms with Gasteiger partial charge >= 0.3 is 0 Å². The molecule has 0 spiro atoms. The Bertz CT molecular complexity index is 375. The van der Waals surface area contributed by atoms with Crippen LogP contribution in [0, 0.1) is 0 Å². The number of likely N-dealkylation sites (N-methyl/N-ethyl adjacent to an activating group) is 6. The van der Waals surface area contributed by atoms with Crippen molar-refractivity contribution in [1.82, 2.24) is 30.2 Å². The molecule has 6 nitrogen and oxygen atoms in total. The lowest BCUT2D eigenvalue weighted by Crippen LogP contribution is -2.78. The van der Waals surface area contributed by atoms with Crippen molar-refractivity contribution in [2.24, 2.45) is 0 Å². The van der Waals surface area contributed by atoms with Gasteiger partial charge in [-0.1, -0.05) is 0 Å². The first-order chi connectivity index (χ1) is 9.45. The molecule has 4 fully saturated rings. The highest BCUT2D eigenvalue weighted by Crippen LogP contribution is 2.42. The van der Waals surface area contributed by atoms with Crippen LogP contribution in [-0.4, -0.2) is 105 Å². The van der Waals surface area contributed by atoms with E-state index in [0.29, 0.717) is 42.7 Å². The van der Waals surface area contributed by atoms with Crippen LogP contribution < -0.4 is 10.6 Å². The van der Waals surface area contributed by atoms with Crippen molar-refractivity contribution in [2.75, 3.05) is 42.3 Å². The standard InChI is InChI=1S/C14H30N6/c1-8-9-10-11(12(15-2)19(10)6)20(7)14(17(8)4)13(16-3)18(9)5/h8-16H,1-7H3. The van der Waals surface area contributed by atoms with E-state index in [0.717, 1.165) is 0 Å². The summed E-state index contributed by atoms with van der Waals surface area (Å²) in [5.41, 5.74) is 0. The maximum absolute atomic E-state index is 3.53. The molecule has 2 N–H and O–H groups in total. The first-order valence-corrected chi connectivity index (χ1v) is 7.68. The van der Waals surface area contributed by atoms with Gasteiger partial charge in [0.1, 0.15) is 0 Å². The Morgan fingerprint density at radius 3 is 1.75 bits per heavy atom. The van der Waals surface area contributed by atoms with Crippen LogP contribution in [0.25, 0.3) is 0 Å². The van der Waals surface area contributed by atoms with E-state index in [2.05, 4.69) is 79.4 Å². The predicted molar refractivity (Wildman–Crippen MR) is 81.4 cm³/mol. The number of nitrogens with one attached hydrogen (secondary N) is 2. The summed E-state index contributed by atoms with van der Waals surface area (Å²) >= 11 is 0. The second-order valence-corrected chi connectivity index (χ2v) is 6.75. The van der Waals surface area contributed by atoms with Gasteiger partial charge in [-0.2, -0.15) is 0 Å². The second-order valence-electron chi connectivity index (χ2n) is 6.75. The van der Waals surface area contributed by atoms with Crippen LogP contribution in [0.2, 0.25) is 0 Å². The van der Waals surface area contributed by atoms with E-state index in [-0.39, 0.29) is 0 Å². The minimum Gasteiger partial charge on any atom is -0.303 e. The van der Waals surface area contributed by atoms with Gasteiger partial charge in [0.15, 0.2) is 0 Å². The molecule has 0 aromatic rings. The van der Waals surface area contributed by atoms with Gasteiger partial charge in [0, 0.05) is 18.1 Å². The molecule has 20 heavy (non-hydrogen) atoms. The average Bonchev–Trinajstić information content (AvgIpc) is 2.54. The van der Waals surface area contributed by atoms with Gasteiger partial charge in [-0.05, 0) is 49.2 Å². The van der Waals surface area contributed by atoms with Gasteiger partial charge in [-0.25, -0.2) is 0 Å². The lowest BCUT2D eigenvalue weighted by atomic mass is 9.83. The fourth-order valence-electron chi connectivity index (χ4n) is 5.04. The Labute approximate surface area is 123 Å². The zero-order valence-corrected chi connectivity index (χ0v) is 13.8. The Morgan fingerprint density at radius 2 is 1.20 bits per heavy atom. The van der Waals surface area contributed by atoms with Crippen LogP contribution in [-0.2, 0) is 0 Å². The first kappa shape index (κ1) is 14.7. The number of hydrogen-bond acceptors (Lipinski definition) is 6. The average molecular weight is 282 g/mol. The van der Waals surface area contributed by atoms with Gasteiger partial charge in [0.05, 0.1) is 24.5 Å². The maximum atomic E-state index is 3.53. The van der Waals surface area contributed by atoms with Crippen molar-refractivity contribution in [3.8, 4) is 0 Å². The van der Waals surface area contributed by atoms with E-state index in [1.807, 2.05) is 0 Å². The van der Waals surface area contributed by atoms with Crippen LogP contribution in [0.4, 0.5) is 0 Å². The van der Waals surface area contributed by atoms with Crippen molar-refractivity contribution >= 4 is 0 Å². The second kappa shape index (κ2) is 4.90. The minimum atomic E-state index is 0.378. The molecule has 4 aliphatic rings. The Hall–Kier alpha value is -0.240. The quantitative estimate of drug-likeness (QED) is 0.653. The summed E-state index contributed by atoms with van der Waals surface area (Å²) in [7, 11) is 13.2. The topological polar surface area (TPSA) is 37.0 Å². The Balaban J connectivity index is 2.04. The number of fused-ring (bicyclic) bond motifs is 2. The van der Waals surface area contributed by atoms with E-state index < -0.39 is 0 Å². The van der Waals surface area contributed by atoms with Crippen LogP contribution in [0.5, 0.6) is 0 Å². The molecule has 0 aromatic carbocycles. The first-order valence-electron chi connectivity index (χ1n) is 7.68. The molecule has 7 unspecified atom stereocenters. The van der Waals surface area contributed by atoms with Crippen molar-refractivity contribution in [2.45, 2.75) is 49.6 Å². The van der Waals surface area contributed by atoms with Gasteiger partial charge < -0.3 is 10.6 Å². The summed E-state index contributed by atoms with van der Waals surface area (Å²) in [6.45, 7) is 2.37. The van der Waals surface area contributed by atoms with Crippen LogP contribution in [0.3, 0.4) is 0 Å². The molecule has 4 heterocycles. The zero-order valence-electron chi connectivity index (χ0n) is 13.8. The van der Waals surface area contributed by atoms with E-state index in [1.165, 1.54) is 0 Å². The highest BCUT2D eigenvalue weighted by atomic mass is 15.6. The Kier molecular flexibility index (Phi) is 3.60. The molecule has 6 heteroatoms. The fourth-order valence-corrected chi connectivity index (χ4v) is 5.04. The summed E-state index contributed by atoms with van der Waals surface area (Å²) < 4.78 is 0. The van der Waals surface area contributed by atoms with Gasteiger partial charge in [-0.3, -0.25) is 19.6 Å². The fraction of sp³-hybridized carbons (Fsp3) is 1.00. The van der Waals surface area contributed by atoms with E-state index in [1.54, 1.807) is 0 Å². The number of piperazine rings is 1. The van der Waals surface area contributed by atoms with Crippen LogP contribution >= 0.6 is 0 Å². The van der Waals surface area contributed by atoms with Gasteiger partial charge in [0.2, 0.25) is 0 Å². The van der Waals surface area contributed by atoms with Crippen molar-refractivity contribution in [3.63, 3.8) is 0 Å². The molecule has 116 valence electrons. The lowest BCUT2D eigenvalue weighted by molar-refractivity contribution is -0.0860. The number of rotatable bonds is 2. The number of likely N-dealkylation sites (tertiary alicyclic amines) is 1. The van der Waals surface area contributed by atoms with Gasteiger partial charge in [-0.15, -0.1) is 0 Å². The van der Waals surface area contributed by atoms with Crippen molar-refractivity contribution in [1.29, 1.82) is 0 Å². The highest BCUT2D eigenvalue weighted by Gasteiger charge is 2.62. The summed E-state index contributed by atoms with van der Waals surface area (Å²) in [6, 6.07) is 2.28. The maximum Gasteiger partial charge on any atom is 0.0921 e. The molecular formula is C14H30N6. The third kappa shape index (κ3) is 1.60. The summed E-state index contributed by atoms with van der Waals surface area (Å²) in [4.78, 5) is 10.2. The molecule has 2 bridgehead atoms. The molecule has 0 saturated carbocycles. The largest absolute Gasteiger partial charge is 0.303 e. The molecule has 0 radical (unpaired) electrons. The highest BCUT2D eigenvalue weighted by molar-refractivity contribution is 5.17. The normalized spacial score (nSPS) is 50.9. The third-order valence-corrected chi connectivity index (χ3v) is 6.16.